The van der Waals surface area contributed by atoms with Crippen LogP contribution in [0, 0.1) is 11.5 Å². The molecular weight excluding hydrogens is 347 g/mol. The van der Waals surface area contributed by atoms with Crippen molar-refractivity contribution in [1.82, 2.24) is 0 Å². The molecule has 0 radical (unpaired) electrons. The first-order valence-corrected chi connectivity index (χ1v) is 6.82. The molecule has 2 aromatic rings. The molecule has 3 heteroatoms. The average molecular weight is 369 g/mol. The second kappa shape index (κ2) is 9.68. The first kappa shape index (κ1) is 23.9. The fraction of sp³-hybridized carbons (Fsp3) is 0.316. The van der Waals surface area contributed by atoms with Crippen molar-refractivity contribution in [2.45, 2.75) is 34.6 Å². The Labute approximate surface area is 162 Å². The Morgan fingerprint density at radius 3 is 1.95 bits per heavy atom. The molecule has 0 heterocycles. The maximum absolute atomic E-state index is 3.44. The second-order valence-electron chi connectivity index (χ2n) is 5.78. The number of fused-ring (bicyclic) bond motifs is 1. The van der Waals surface area contributed by atoms with Crippen molar-refractivity contribution in [3.05, 3.63) is 65.3 Å². The summed E-state index contributed by atoms with van der Waals surface area (Å²) < 4.78 is 0. The molecule has 0 bridgehead atoms. The van der Waals surface area contributed by atoms with Gasteiger partial charge in [-0.1, -0.05) is 39.2 Å². The van der Waals surface area contributed by atoms with Crippen LogP contribution in [0.4, 0.5) is 0 Å². The number of hydrogen-bond acceptors (Lipinski definition) is 0. The van der Waals surface area contributed by atoms with Gasteiger partial charge in [-0.3, -0.25) is 6.08 Å². The van der Waals surface area contributed by atoms with E-state index in [1.807, 2.05) is 0 Å². The van der Waals surface area contributed by atoms with Gasteiger partial charge in [0.05, 0.1) is 0 Å². The second-order valence-corrected chi connectivity index (χ2v) is 5.78. The van der Waals surface area contributed by atoms with Gasteiger partial charge in [0.15, 0.2) is 0 Å². The smallest absolute Gasteiger partial charge is 1.00 e. The van der Waals surface area contributed by atoms with Gasteiger partial charge in [0.2, 0.25) is 0 Å². The molecule has 0 spiro atoms. The maximum Gasteiger partial charge on any atom is 4.00 e. The Kier molecular flexibility index (Phi) is 10.5. The molecule has 116 valence electrons. The van der Waals surface area contributed by atoms with E-state index < -0.39 is 0 Å². The molecule has 0 unspecified atom stereocenters. The first-order valence-electron chi connectivity index (χ1n) is 6.82. The van der Waals surface area contributed by atoms with Crippen molar-refractivity contribution in [2.75, 3.05) is 0 Å². The van der Waals surface area contributed by atoms with E-state index in [-0.39, 0.29) is 51.9 Å². The van der Waals surface area contributed by atoms with E-state index in [4.69, 9.17) is 0 Å². The van der Waals surface area contributed by atoms with Gasteiger partial charge in [0.1, 0.15) is 0 Å². The summed E-state index contributed by atoms with van der Waals surface area (Å²) in [6.45, 7) is 10.9. The van der Waals surface area contributed by atoms with Crippen molar-refractivity contribution in [2.24, 2.45) is 5.41 Å². The molecule has 0 aromatic heterocycles. The van der Waals surface area contributed by atoms with Crippen LogP contribution in [-0.2, 0) is 21.7 Å². The van der Waals surface area contributed by atoms with E-state index in [9.17, 15) is 0 Å². The van der Waals surface area contributed by atoms with Gasteiger partial charge in [-0.05, 0) is 0 Å². The molecule has 1 aliphatic rings. The van der Waals surface area contributed by atoms with Crippen molar-refractivity contribution in [3.63, 3.8) is 0 Å². The van der Waals surface area contributed by atoms with E-state index in [2.05, 4.69) is 83.2 Å². The SMILES string of the molecule is CC1=[C-]C(C)(C)C(C)=C1C.[Cl-].[Cl-].[Ti+4].c1ccc2[cH-]ccc2c1. The molecule has 0 amide bonds. The molecule has 0 fully saturated rings. The third-order valence-electron chi connectivity index (χ3n) is 4.11. The van der Waals surface area contributed by atoms with E-state index in [0.717, 1.165) is 0 Å². The normalized spacial score (nSPS) is 14.9. The minimum Gasteiger partial charge on any atom is -1.00 e. The summed E-state index contributed by atoms with van der Waals surface area (Å²) in [6.07, 6.45) is 3.44. The average Bonchev–Trinajstić information content (AvgIpc) is 2.90. The van der Waals surface area contributed by atoms with Gasteiger partial charge >= 0.3 is 21.7 Å². The molecule has 0 saturated heterocycles. The third kappa shape index (κ3) is 5.35. The topological polar surface area (TPSA) is 0 Å². The Balaban J connectivity index is 0. The molecule has 0 atom stereocenters. The molecule has 1 aliphatic carbocycles. The molecular formula is C19H22Cl2Ti. The monoisotopic (exact) mass is 368 g/mol. The van der Waals surface area contributed by atoms with E-state index in [1.54, 1.807) is 0 Å². The van der Waals surface area contributed by atoms with Crippen LogP contribution in [0.3, 0.4) is 0 Å². The third-order valence-corrected chi connectivity index (χ3v) is 4.11. The fourth-order valence-corrected chi connectivity index (χ4v) is 2.48. The van der Waals surface area contributed by atoms with Crippen LogP contribution in [0.15, 0.2) is 59.2 Å². The molecule has 3 rings (SSSR count). The minimum atomic E-state index is 0. The van der Waals surface area contributed by atoms with Crippen LogP contribution in [0.5, 0.6) is 0 Å². The molecule has 2 aromatic carbocycles. The van der Waals surface area contributed by atoms with Gasteiger partial charge in [-0.15, -0.1) is 36.6 Å². The van der Waals surface area contributed by atoms with Crippen molar-refractivity contribution >= 4 is 10.8 Å². The van der Waals surface area contributed by atoms with Gasteiger partial charge in [0, 0.05) is 0 Å². The van der Waals surface area contributed by atoms with Crippen LogP contribution in [0.2, 0.25) is 0 Å². The van der Waals surface area contributed by atoms with E-state index in [1.165, 1.54) is 27.5 Å². The largest absolute Gasteiger partial charge is 4.00 e. The van der Waals surface area contributed by atoms with Crippen molar-refractivity contribution in [3.8, 4) is 0 Å². The van der Waals surface area contributed by atoms with Gasteiger partial charge in [0.25, 0.3) is 0 Å². The summed E-state index contributed by atoms with van der Waals surface area (Å²) in [5, 5.41) is 2.66. The van der Waals surface area contributed by atoms with Crippen LogP contribution in [0.25, 0.3) is 10.8 Å². The van der Waals surface area contributed by atoms with Crippen molar-refractivity contribution in [1.29, 1.82) is 0 Å². The van der Waals surface area contributed by atoms with E-state index >= 15 is 0 Å². The Hall–Kier alpha value is -0.396. The van der Waals surface area contributed by atoms with Gasteiger partial charge in [-0.25, -0.2) is 5.57 Å². The molecule has 0 aliphatic heterocycles. The summed E-state index contributed by atoms with van der Waals surface area (Å²) in [5.41, 5.74) is 4.39. The molecule has 0 saturated carbocycles. The number of allylic oxidation sites excluding steroid dienone is 4. The summed E-state index contributed by atoms with van der Waals surface area (Å²) in [5.74, 6) is 0. The zero-order valence-corrected chi connectivity index (χ0v) is 16.9. The number of benzene rings is 1. The molecule has 0 N–H and O–H groups in total. The number of halogens is 2. The zero-order chi connectivity index (χ0) is 14.0. The Bertz CT molecular complexity index is 618. The van der Waals surface area contributed by atoms with Gasteiger partial charge in [-0.2, -0.15) is 28.7 Å². The predicted octanol–water partition coefficient (Wildman–Crippen LogP) is -0.324. The van der Waals surface area contributed by atoms with Crippen LogP contribution in [-0.4, -0.2) is 0 Å². The van der Waals surface area contributed by atoms with Crippen molar-refractivity contribution < 1.29 is 46.5 Å². The predicted molar refractivity (Wildman–Crippen MR) is 84.1 cm³/mol. The first-order chi connectivity index (χ1) is 8.92. The standard InChI is InChI=1S/C10H15.C9H7.2ClH.Ti/c1-7-6-10(4,5)9(3)8(7)2;1-2-5-9-7-3-6-8(9)4-1;;;/h1-5H3;1-7H;2*1H;/q2*-1;;;+4/p-2. The quantitative estimate of drug-likeness (QED) is 0.441. The summed E-state index contributed by atoms with van der Waals surface area (Å²) in [4.78, 5) is 0. The molecule has 22 heavy (non-hydrogen) atoms. The number of rotatable bonds is 0. The summed E-state index contributed by atoms with van der Waals surface area (Å²) in [7, 11) is 0. The van der Waals surface area contributed by atoms with Gasteiger partial charge < -0.3 is 24.8 Å². The Morgan fingerprint density at radius 2 is 1.55 bits per heavy atom. The van der Waals surface area contributed by atoms with Crippen LogP contribution >= 0.6 is 0 Å². The summed E-state index contributed by atoms with van der Waals surface area (Å²) >= 11 is 0. The van der Waals surface area contributed by atoms with Crippen LogP contribution < -0.4 is 24.8 Å². The van der Waals surface area contributed by atoms with E-state index in [0.29, 0.717) is 0 Å². The zero-order valence-electron chi connectivity index (χ0n) is 13.8. The van der Waals surface area contributed by atoms with Crippen LogP contribution in [0.1, 0.15) is 34.6 Å². The molecule has 0 nitrogen and oxygen atoms in total. The fourth-order valence-electron chi connectivity index (χ4n) is 2.48. The minimum absolute atomic E-state index is 0. The summed E-state index contributed by atoms with van der Waals surface area (Å²) in [6, 6.07) is 14.7. The maximum atomic E-state index is 3.44. The number of hydrogen-bond donors (Lipinski definition) is 0. The Morgan fingerprint density at radius 1 is 0.955 bits per heavy atom.